The van der Waals surface area contributed by atoms with Gasteiger partial charge in [0, 0.05) is 5.41 Å². The molecule has 0 saturated carbocycles. The zero-order chi connectivity index (χ0) is 31.3. The fourth-order valence-corrected chi connectivity index (χ4v) is 8.29. The van der Waals surface area contributed by atoms with Gasteiger partial charge >= 0.3 is 0 Å². The Morgan fingerprint density at radius 1 is 0.298 bits per heavy atom. The average molecular weight is 597 g/mol. The van der Waals surface area contributed by atoms with Gasteiger partial charge in [0.05, 0.1) is 0 Å². The second kappa shape index (κ2) is 9.64. The van der Waals surface area contributed by atoms with E-state index in [9.17, 15) is 0 Å². The summed E-state index contributed by atoms with van der Waals surface area (Å²) in [6, 6.07) is 59.0. The van der Waals surface area contributed by atoms with Crippen molar-refractivity contribution in [2.24, 2.45) is 0 Å². The predicted molar refractivity (Wildman–Crippen MR) is 202 cm³/mol. The first kappa shape index (κ1) is 26.5. The van der Waals surface area contributed by atoms with Crippen LogP contribution in [0.5, 0.6) is 0 Å². The first-order chi connectivity index (χ1) is 23.0. The zero-order valence-electron chi connectivity index (χ0n) is 26.5. The van der Waals surface area contributed by atoms with E-state index in [1.54, 1.807) is 0 Å². The van der Waals surface area contributed by atoms with Crippen molar-refractivity contribution in [2.45, 2.75) is 19.3 Å². The molecule has 0 heteroatoms. The maximum Gasteiger partial charge on any atom is 0.0159 e. The molecular weight excluding hydrogens is 565 g/mol. The summed E-state index contributed by atoms with van der Waals surface area (Å²) in [6.45, 7) is 4.77. The van der Waals surface area contributed by atoms with Gasteiger partial charge in [-0.05, 0) is 123 Å². The van der Waals surface area contributed by atoms with Gasteiger partial charge in [0.2, 0.25) is 0 Å². The summed E-state index contributed by atoms with van der Waals surface area (Å²) >= 11 is 0. The van der Waals surface area contributed by atoms with Gasteiger partial charge in [-0.3, -0.25) is 0 Å². The smallest absolute Gasteiger partial charge is 0.0159 e. The van der Waals surface area contributed by atoms with Crippen LogP contribution in [0.3, 0.4) is 0 Å². The van der Waals surface area contributed by atoms with E-state index in [0.29, 0.717) is 0 Å². The minimum Gasteiger partial charge on any atom is -0.0616 e. The lowest BCUT2D eigenvalue weighted by Crippen LogP contribution is -2.15. The molecule has 47 heavy (non-hydrogen) atoms. The lowest BCUT2D eigenvalue weighted by atomic mass is 9.80. The second-order valence-corrected chi connectivity index (χ2v) is 13.8. The van der Waals surface area contributed by atoms with Crippen LogP contribution in [0.2, 0.25) is 0 Å². The molecule has 0 N–H and O–H groups in total. The summed E-state index contributed by atoms with van der Waals surface area (Å²) in [5, 5.41) is 13.0. The van der Waals surface area contributed by atoms with Crippen LogP contribution < -0.4 is 0 Å². The lowest BCUT2D eigenvalue weighted by Gasteiger charge is -2.23. The molecule has 0 atom stereocenters. The molecule has 0 nitrogen and oxygen atoms in total. The second-order valence-electron chi connectivity index (χ2n) is 13.8. The Morgan fingerprint density at radius 3 is 1.38 bits per heavy atom. The summed E-state index contributed by atoms with van der Waals surface area (Å²) in [4.78, 5) is 0. The highest BCUT2D eigenvalue weighted by Gasteiger charge is 2.36. The fourth-order valence-electron chi connectivity index (χ4n) is 8.29. The Hall–Kier alpha value is -5.72. The highest BCUT2D eigenvalue weighted by Crippen LogP contribution is 2.51. The predicted octanol–water partition coefficient (Wildman–Crippen LogP) is 13.1. The third kappa shape index (κ3) is 3.88. The van der Waals surface area contributed by atoms with E-state index in [1.807, 2.05) is 0 Å². The van der Waals surface area contributed by atoms with Gasteiger partial charge in [-0.2, -0.15) is 0 Å². The summed E-state index contributed by atoms with van der Waals surface area (Å²) in [5.74, 6) is 0. The molecule has 1 aliphatic rings. The summed E-state index contributed by atoms with van der Waals surface area (Å²) < 4.78 is 0. The molecule has 0 spiro atoms. The summed E-state index contributed by atoms with van der Waals surface area (Å²) in [7, 11) is 0. The fraction of sp³-hybridized carbons (Fsp3) is 0.0638. The SMILES string of the molecule is CC1(C)c2cc(-c3ccc4c(ccc5ccccc54)c3)ccc2-c2ccc(-c3ccc4ccc5c6ccccc6ccc5c4c3)cc21. The highest BCUT2D eigenvalue weighted by atomic mass is 14.4. The van der Waals surface area contributed by atoms with Crippen molar-refractivity contribution >= 4 is 53.9 Å². The Kier molecular flexibility index (Phi) is 5.44. The molecule has 9 aromatic rings. The number of hydrogen-bond donors (Lipinski definition) is 0. The van der Waals surface area contributed by atoms with Crippen molar-refractivity contribution in [1.29, 1.82) is 0 Å². The quantitative estimate of drug-likeness (QED) is 0.174. The van der Waals surface area contributed by atoms with E-state index >= 15 is 0 Å². The summed E-state index contributed by atoms with van der Waals surface area (Å²) in [6.07, 6.45) is 0. The van der Waals surface area contributed by atoms with Gasteiger partial charge in [0.15, 0.2) is 0 Å². The number of hydrogen-bond acceptors (Lipinski definition) is 0. The third-order valence-corrected chi connectivity index (χ3v) is 10.8. The third-order valence-electron chi connectivity index (χ3n) is 10.8. The van der Waals surface area contributed by atoms with Crippen molar-refractivity contribution in [2.75, 3.05) is 0 Å². The summed E-state index contributed by atoms with van der Waals surface area (Å²) in [5.41, 5.74) is 10.5. The van der Waals surface area contributed by atoms with E-state index in [0.717, 1.165) is 0 Å². The molecule has 0 amide bonds. The molecular formula is C47H32. The number of fused-ring (bicyclic) bond motifs is 11. The molecule has 0 aliphatic heterocycles. The molecule has 9 aromatic carbocycles. The first-order valence-corrected chi connectivity index (χ1v) is 16.6. The Labute approximate surface area is 274 Å². The molecule has 0 saturated heterocycles. The molecule has 0 unspecified atom stereocenters. The maximum absolute atomic E-state index is 2.44. The molecule has 0 fully saturated rings. The van der Waals surface area contributed by atoms with Crippen LogP contribution in [0.4, 0.5) is 0 Å². The van der Waals surface area contributed by atoms with Gasteiger partial charge < -0.3 is 0 Å². The van der Waals surface area contributed by atoms with Crippen LogP contribution in [0, 0.1) is 0 Å². The largest absolute Gasteiger partial charge is 0.0616 e. The molecule has 0 heterocycles. The van der Waals surface area contributed by atoms with Crippen LogP contribution in [-0.4, -0.2) is 0 Å². The number of rotatable bonds is 2. The Balaban J connectivity index is 1.06. The monoisotopic (exact) mass is 596 g/mol. The van der Waals surface area contributed by atoms with E-state index < -0.39 is 0 Å². The van der Waals surface area contributed by atoms with Crippen LogP contribution in [0.25, 0.3) is 87.2 Å². The standard InChI is InChI=1S/C47H32/c1-47(2)45-27-34(32-17-20-39-36(25-32)14-12-29-7-3-5-9-37(29)39)18-23-42(45)43-24-19-35(28-46(43)47)33-13-11-31-16-21-40-38-10-6-4-8-30(38)15-22-41(40)44(31)26-33/h3-28H,1-2H3. The molecule has 0 bridgehead atoms. The van der Waals surface area contributed by atoms with Gasteiger partial charge in [-0.25, -0.2) is 0 Å². The average Bonchev–Trinajstić information content (AvgIpc) is 3.35. The highest BCUT2D eigenvalue weighted by molar-refractivity contribution is 6.17. The van der Waals surface area contributed by atoms with Crippen LogP contribution in [0.1, 0.15) is 25.0 Å². The normalized spacial score (nSPS) is 13.5. The van der Waals surface area contributed by atoms with Crippen LogP contribution in [-0.2, 0) is 5.41 Å². The van der Waals surface area contributed by atoms with Crippen molar-refractivity contribution < 1.29 is 0 Å². The molecule has 0 aromatic heterocycles. The van der Waals surface area contributed by atoms with E-state index in [4.69, 9.17) is 0 Å². The lowest BCUT2D eigenvalue weighted by molar-refractivity contribution is 0.661. The van der Waals surface area contributed by atoms with Crippen molar-refractivity contribution in [3.63, 3.8) is 0 Å². The molecule has 220 valence electrons. The van der Waals surface area contributed by atoms with Crippen LogP contribution >= 0.6 is 0 Å². The van der Waals surface area contributed by atoms with Crippen molar-refractivity contribution in [3.8, 4) is 33.4 Å². The van der Waals surface area contributed by atoms with Crippen molar-refractivity contribution in [1.82, 2.24) is 0 Å². The molecule has 1 aliphatic carbocycles. The molecule has 10 rings (SSSR count). The number of benzene rings is 9. The Morgan fingerprint density at radius 2 is 0.702 bits per heavy atom. The van der Waals surface area contributed by atoms with E-state index in [-0.39, 0.29) is 5.41 Å². The topological polar surface area (TPSA) is 0 Å². The van der Waals surface area contributed by atoms with Gasteiger partial charge in [-0.15, -0.1) is 0 Å². The zero-order valence-corrected chi connectivity index (χ0v) is 26.5. The minimum atomic E-state index is -0.105. The molecule has 0 radical (unpaired) electrons. The minimum absolute atomic E-state index is 0.105. The van der Waals surface area contributed by atoms with E-state index in [1.165, 1.54) is 98.4 Å². The van der Waals surface area contributed by atoms with Gasteiger partial charge in [0.1, 0.15) is 0 Å². The van der Waals surface area contributed by atoms with Crippen LogP contribution in [0.15, 0.2) is 158 Å². The van der Waals surface area contributed by atoms with E-state index in [2.05, 4.69) is 172 Å². The maximum atomic E-state index is 2.44. The first-order valence-electron chi connectivity index (χ1n) is 16.6. The Bertz CT molecular complexity index is 2760. The van der Waals surface area contributed by atoms with Crippen molar-refractivity contribution in [3.05, 3.63) is 169 Å². The van der Waals surface area contributed by atoms with Gasteiger partial charge in [0.25, 0.3) is 0 Å². The van der Waals surface area contributed by atoms with Gasteiger partial charge in [-0.1, -0.05) is 147 Å².